The van der Waals surface area contributed by atoms with Crippen molar-refractivity contribution in [3.05, 3.63) is 35.9 Å². The standard InChI is InChI=1S/C14H16N6/c1-9-3-6-20-11(7-9)18-19-12(20)10-8-16-13(17-10)14(15)4-2-5-14/h3,6-8H,2,4-5,15H2,1H3,(H,16,17). The molecule has 3 aromatic rings. The van der Waals surface area contributed by atoms with Gasteiger partial charge in [0.25, 0.3) is 0 Å². The van der Waals surface area contributed by atoms with Gasteiger partial charge in [0.1, 0.15) is 11.5 Å². The molecule has 1 fully saturated rings. The number of nitrogens with zero attached hydrogens (tertiary/aromatic N) is 4. The zero-order valence-electron chi connectivity index (χ0n) is 11.3. The molecule has 1 saturated carbocycles. The number of H-pyrrole nitrogens is 1. The van der Waals surface area contributed by atoms with Crippen LogP contribution in [0.4, 0.5) is 0 Å². The number of aryl methyl sites for hydroxylation is 1. The molecule has 1 aliphatic carbocycles. The fourth-order valence-corrected chi connectivity index (χ4v) is 2.66. The minimum Gasteiger partial charge on any atom is -0.338 e. The molecule has 0 unspecified atom stereocenters. The van der Waals surface area contributed by atoms with Crippen LogP contribution in [0.25, 0.3) is 17.2 Å². The molecule has 20 heavy (non-hydrogen) atoms. The van der Waals surface area contributed by atoms with Gasteiger partial charge in [-0.15, -0.1) is 10.2 Å². The van der Waals surface area contributed by atoms with Gasteiger partial charge < -0.3 is 10.7 Å². The Morgan fingerprint density at radius 1 is 1.35 bits per heavy atom. The number of hydrogen-bond acceptors (Lipinski definition) is 4. The maximum Gasteiger partial charge on any atom is 0.186 e. The molecule has 0 atom stereocenters. The van der Waals surface area contributed by atoms with Gasteiger partial charge in [-0.05, 0) is 43.9 Å². The average Bonchev–Trinajstić information content (AvgIpc) is 3.01. The molecule has 4 rings (SSSR count). The molecule has 0 aromatic carbocycles. The lowest BCUT2D eigenvalue weighted by Gasteiger charge is -2.35. The smallest absolute Gasteiger partial charge is 0.186 e. The van der Waals surface area contributed by atoms with Crippen molar-refractivity contribution in [2.45, 2.75) is 31.7 Å². The first-order valence-electron chi connectivity index (χ1n) is 6.82. The van der Waals surface area contributed by atoms with Crippen molar-refractivity contribution < 1.29 is 0 Å². The van der Waals surface area contributed by atoms with Gasteiger partial charge in [0.2, 0.25) is 0 Å². The fourth-order valence-electron chi connectivity index (χ4n) is 2.66. The summed E-state index contributed by atoms with van der Waals surface area (Å²) in [7, 11) is 0. The van der Waals surface area contributed by atoms with Crippen molar-refractivity contribution in [1.29, 1.82) is 0 Å². The predicted molar refractivity (Wildman–Crippen MR) is 75.0 cm³/mol. The van der Waals surface area contributed by atoms with Crippen LogP contribution in [0.5, 0.6) is 0 Å². The Hall–Kier alpha value is -2.21. The number of nitrogens with one attached hydrogen (secondary N) is 1. The van der Waals surface area contributed by atoms with E-state index in [-0.39, 0.29) is 5.54 Å². The minimum absolute atomic E-state index is 0.282. The fraction of sp³-hybridized carbons (Fsp3) is 0.357. The number of imidazole rings is 1. The molecule has 0 amide bonds. The summed E-state index contributed by atoms with van der Waals surface area (Å²) in [5, 5.41) is 8.44. The highest BCUT2D eigenvalue weighted by Gasteiger charge is 2.37. The molecule has 3 N–H and O–H groups in total. The zero-order valence-corrected chi connectivity index (χ0v) is 11.3. The molecule has 3 heterocycles. The third-order valence-electron chi connectivity index (χ3n) is 4.10. The number of nitrogens with two attached hydrogens (primary N) is 1. The maximum absolute atomic E-state index is 6.29. The molecule has 0 bridgehead atoms. The molecule has 0 radical (unpaired) electrons. The summed E-state index contributed by atoms with van der Waals surface area (Å²) in [6, 6.07) is 4.04. The lowest BCUT2D eigenvalue weighted by molar-refractivity contribution is 0.240. The number of aromatic nitrogens is 5. The van der Waals surface area contributed by atoms with E-state index in [1.165, 1.54) is 6.42 Å². The Morgan fingerprint density at radius 3 is 2.95 bits per heavy atom. The normalized spacial score (nSPS) is 17.3. The summed E-state index contributed by atoms with van der Waals surface area (Å²) < 4.78 is 1.95. The summed E-state index contributed by atoms with van der Waals surface area (Å²) in [6.07, 6.45) is 6.90. The zero-order chi connectivity index (χ0) is 13.7. The van der Waals surface area contributed by atoms with E-state index < -0.39 is 0 Å². The topological polar surface area (TPSA) is 84.9 Å². The molecule has 0 saturated heterocycles. The highest BCUT2D eigenvalue weighted by Crippen LogP contribution is 2.37. The molecule has 3 aromatic heterocycles. The van der Waals surface area contributed by atoms with Crippen LogP contribution in [0.15, 0.2) is 24.5 Å². The van der Waals surface area contributed by atoms with Crippen LogP contribution >= 0.6 is 0 Å². The predicted octanol–water partition coefficient (Wildman–Crippen LogP) is 1.77. The molecular weight excluding hydrogens is 252 g/mol. The highest BCUT2D eigenvalue weighted by molar-refractivity contribution is 5.55. The Kier molecular flexibility index (Phi) is 2.26. The molecule has 1 aliphatic rings. The van der Waals surface area contributed by atoms with Crippen LogP contribution in [0.2, 0.25) is 0 Å². The molecule has 0 spiro atoms. The summed E-state index contributed by atoms with van der Waals surface area (Å²) in [5.74, 6) is 1.62. The quantitative estimate of drug-likeness (QED) is 0.741. The highest BCUT2D eigenvalue weighted by atomic mass is 15.3. The van der Waals surface area contributed by atoms with E-state index in [9.17, 15) is 0 Å². The van der Waals surface area contributed by atoms with Crippen LogP contribution in [-0.2, 0) is 5.54 Å². The second kappa shape index (κ2) is 3.89. The van der Waals surface area contributed by atoms with Gasteiger partial charge in [-0.2, -0.15) is 0 Å². The number of rotatable bonds is 2. The first-order valence-corrected chi connectivity index (χ1v) is 6.82. The largest absolute Gasteiger partial charge is 0.338 e. The van der Waals surface area contributed by atoms with Crippen LogP contribution in [0, 0.1) is 6.92 Å². The number of hydrogen-bond donors (Lipinski definition) is 2. The lowest BCUT2D eigenvalue weighted by atomic mass is 9.77. The summed E-state index contributed by atoms with van der Waals surface area (Å²) in [5.41, 5.74) is 8.86. The van der Waals surface area contributed by atoms with Crippen molar-refractivity contribution in [1.82, 2.24) is 24.6 Å². The van der Waals surface area contributed by atoms with Gasteiger partial charge in [-0.25, -0.2) is 4.98 Å². The van der Waals surface area contributed by atoms with Crippen molar-refractivity contribution in [3.63, 3.8) is 0 Å². The van der Waals surface area contributed by atoms with Gasteiger partial charge in [0.05, 0.1) is 11.7 Å². The van der Waals surface area contributed by atoms with Crippen molar-refractivity contribution in [3.8, 4) is 11.5 Å². The van der Waals surface area contributed by atoms with E-state index >= 15 is 0 Å². The molecule has 0 aliphatic heterocycles. The molecule has 6 nitrogen and oxygen atoms in total. The van der Waals surface area contributed by atoms with Crippen LogP contribution in [-0.4, -0.2) is 24.6 Å². The summed E-state index contributed by atoms with van der Waals surface area (Å²) in [4.78, 5) is 7.73. The van der Waals surface area contributed by atoms with Gasteiger partial charge >= 0.3 is 0 Å². The van der Waals surface area contributed by atoms with Crippen molar-refractivity contribution in [2.75, 3.05) is 0 Å². The molecule has 102 valence electrons. The molecular formula is C14H16N6. The van der Waals surface area contributed by atoms with E-state index in [2.05, 4.69) is 20.2 Å². The van der Waals surface area contributed by atoms with Gasteiger partial charge in [-0.1, -0.05) is 0 Å². The molecule has 6 heteroatoms. The third-order valence-corrected chi connectivity index (χ3v) is 4.10. The second-order valence-corrected chi connectivity index (χ2v) is 5.61. The average molecular weight is 268 g/mol. The van der Waals surface area contributed by atoms with Crippen LogP contribution in [0.1, 0.15) is 30.7 Å². The second-order valence-electron chi connectivity index (χ2n) is 5.61. The number of fused-ring (bicyclic) bond motifs is 1. The maximum atomic E-state index is 6.29. The van der Waals surface area contributed by atoms with E-state index in [1.54, 1.807) is 6.20 Å². The van der Waals surface area contributed by atoms with E-state index in [0.717, 1.165) is 41.4 Å². The van der Waals surface area contributed by atoms with E-state index in [4.69, 9.17) is 5.73 Å². The monoisotopic (exact) mass is 268 g/mol. The third kappa shape index (κ3) is 1.58. The first kappa shape index (κ1) is 11.6. The minimum atomic E-state index is -0.282. The summed E-state index contributed by atoms with van der Waals surface area (Å²) in [6.45, 7) is 2.04. The Labute approximate surface area is 116 Å². The number of pyridine rings is 1. The Morgan fingerprint density at radius 2 is 2.20 bits per heavy atom. The van der Waals surface area contributed by atoms with Gasteiger partial charge in [0, 0.05) is 6.20 Å². The Bertz CT molecular complexity index is 780. The van der Waals surface area contributed by atoms with Gasteiger partial charge in [-0.3, -0.25) is 4.40 Å². The van der Waals surface area contributed by atoms with Crippen LogP contribution < -0.4 is 5.73 Å². The first-order chi connectivity index (χ1) is 9.66. The van der Waals surface area contributed by atoms with E-state index in [0.29, 0.717) is 0 Å². The number of aromatic amines is 1. The van der Waals surface area contributed by atoms with Crippen molar-refractivity contribution >= 4 is 5.65 Å². The van der Waals surface area contributed by atoms with Crippen LogP contribution in [0.3, 0.4) is 0 Å². The van der Waals surface area contributed by atoms with Crippen molar-refractivity contribution in [2.24, 2.45) is 5.73 Å². The lowest BCUT2D eigenvalue weighted by Crippen LogP contribution is -2.44. The summed E-state index contributed by atoms with van der Waals surface area (Å²) >= 11 is 0. The van der Waals surface area contributed by atoms with Gasteiger partial charge in [0.15, 0.2) is 11.5 Å². The Balaban J connectivity index is 1.79. The SMILES string of the molecule is Cc1ccn2c(-c3cnc(C4(N)CCC4)[nH]3)nnc2c1. The van der Waals surface area contributed by atoms with E-state index in [1.807, 2.05) is 29.7 Å².